The van der Waals surface area contributed by atoms with E-state index in [1.807, 2.05) is 0 Å². The largest absolute Gasteiger partial charge is 0.551 e. The second-order valence-corrected chi connectivity index (χ2v) is 10.5. The van der Waals surface area contributed by atoms with Crippen LogP contribution in [0.5, 0.6) is 5.75 Å². The highest BCUT2D eigenvalue weighted by Crippen LogP contribution is 2.43. The van der Waals surface area contributed by atoms with Crippen LogP contribution < -0.4 is 20.5 Å². The Morgan fingerprint density at radius 3 is 1.98 bits per heavy atom. The van der Waals surface area contributed by atoms with Crippen molar-refractivity contribution in [3.05, 3.63) is 140 Å². The average molecular weight is 510 g/mol. The van der Waals surface area contributed by atoms with Crippen LogP contribution in [-0.2, 0) is 0 Å². The summed E-state index contributed by atoms with van der Waals surface area (Å²) in [5.74, 6) is 0.929. The summed E-state index contributed by atoms with van der Waals surface area (Å²) in [5.41, 5.74) is 11.8. The number of hydrogen-bond donors (Lipinski definition) is 0. The second kappa shape index (κ2) is 8.14. The Labute approximate surface area is 232 Å². The number of anilines is 3. The fourth-order valence-electron chi connectivity index (χ4n) is 6.74. The lowest BCUT2D eigenvalue weighted by molar-refractivity contribution is 0.590. The lowest BCUT2D eigenvalue weighted by Gasteiger charge is -2.39. The molecule has 0 fully saturated rings. The molecule has 2 aliphatic heterocycles. The quantitative estimate of drug-likeness (QED) is 0.222. The molecule has 2 aliphatic rings. The summed E-state index contributed by atoms with van der Waals surface area (Å²) >= 11 is 0. The summed E-state index contributed by atoms with van der Waals surface area (Å²) in [6.45, 7) is -0.205. The van der Waals surface area contributed by atoms with Gasteiger partial charge in [-0.1, -0.05) is 84.9 Å². The number of benzene rings is 6. The summed E-state index contributed by atoms with van der Waals surface area (Å²) in [7, 11) is 0. The van der Waals surface area contributed by atoms with Gasteiger partial charge in [-0.15, -0.1) is 0 Å². The first kappa shape index (κ1) is 21.7. The number of nitrogens with zero attached hydrogens (tertiary/aromatic N) is 2. The molecule has 186 valence electrons. The highest BCUT2D eigenvalue weighted by molar-refractivity contribution is 6.85. The van der Waals surface area contributed by atoms with Crippen LogP contribution in [-0.4, -0.2) is 11.5 Å². The van der Waals surface area contributed by atoms with Gasteiger partial charge in [0.1, 0.15) is 5.75 Å². The monoisotopic (exact) mass is 510 g/mol. The SMILES string of the molecule is c1ccc(N2c3ccc(-n4c5ccccc5c5ccccc54)cc3B3Oc4ccccc4-c4cccc2c43)cc1. The summed E-state index contributed by atoms with van der Waals surface area (Å²) in [5, 5.41) is 2.52. The van der Waals surface area contributed by atoms with Crippen molar-refractivity contribution < 1.29 is 4.65 Å². The Morgan fingerprint density at radius 2 is 1.18 bits per heavy atom. The van der Waals surface area contributed by atoms with Crippen molar-refractivity contribution in [2.75, 3.05) is 4.90 Å². The molecule has 0 N–H and O–H groups in total. The van der Waals surface area contributed by atoms with E-state index < -0.39 is 0 Å². The smallest absolute Gasteiger partial charge is 0.431 e. The minimum Gasteiger partial charge on any atom is -0.551 e. The maximum atomic E-state index is 6.86. The van der Waals surface area contributed by atoms with E-state index in [4.69, 9.17) is 4.65 Å². The van der Waals surface area contributed by atoms with E-state index in [1.165, 1.54) is 38.5 Å². The summed E-state index contributed by atoms with van der Waals surface area (Å²) < 4.78 is 9.25. The van der Waals surface area contributed by atoms with Crippen molar-refractivity contribution in [3.8, 4) is 22.6 Å². The third-order valence-electron chi connectivity index (χ3n) is 8.40. The minimum atomic E-state index is -0.205. The molecule has 40 heavy (non-hydrogen) atoms. The van der Waals surface area contributed by atoms with Gasteiger partial charge in [0, 0.05) is 44.5 Å². The first-order valence-electron chi connectivity index (χ1n) is 13.7. The normalized spacial score (nSPS) is 13.1. The molecule has 9 rings (SSSR count). The Balaban J connectivity index is 1.35. The van der Waals surface area contributed by atoms with E-state index in [0.29, 0.717) is 0 Å². The molecule has 0 radical (unpaired) electrons. The topological polar surface area (TPSA) is 17.4 Å². The van der Waals surface area contributed by atoms with E-state index in [2.05, 4.69) is 149 Å². The van der Waals surface area contributed by atoms with E-state index in [0.717, 1.165) is 33.8 Å². The molecule has 0 amide bonds. The number of hydrogen-bond acceptors (Lipinski definition) is 2. The highest BCUT2D eigenvalue weighted by atomic mass is 16.4. The average Bonchev–Trinajstić information content (AvgIpc) is 3.36. The van der Waals surface area contributed by atoms with E-state index in [9.17, 15) is 0 Å². The zero-order valence-electron chi connectivity index (χ0n) is 21.7. The van der Waals surface area contributed by atoms with E-state index >= 15 is 0 Å². The minimum absolute atomic E-state index is 0.205. The number of rotatable bonds is 2. The summed E-state index contributed by atoms with van der Waals surface area (Å²) in [6, 6.07) is 49.9. The van der Waals surface area contributed by atoms with Gasteiger partial charge >= 0.3 is 6.92 Å². The molecule has 6 aromatic carbocycles. The first-order chi connectivity index (χ1) is 19.9. The van der Waals surface area contributed by atoms with Gasteiger partial charge < -0.3 is 14.1 Å². The van der Waals surface area contributed by atoms with Gasteiger partial charge in [0.05, 0.1) is 11.0 Å². The molecule has 0 saturated carbocycles. The molecule has 0 unspecified atom stereocenters. The van der Waals surface area contributed by atoms with Crippen LogP contribution in [0.3, 0.4) is 0 Å². The van der Waals surface area contributed by atoms with Crippen LogP contribution in [0.25, 0.3) is 38.6 Å². The van der Waals surface area contributed by atoms with Crippen LogP contribution in [0.1, 0.15) is 0 Å². The third-order valence-corrected chi connectivity index (χ3v) is 8.40. The molecule has 3 nitrogen and oxygen atoms in total. The van der Waals surface area contributed by atoms with Crippen LogP contribution >= 0.6 is 0 Å². The zero-order chi connectivity index (χ0) is 26.2. The van der Waals surface area contributed by atoms with Crippen LogP contribution in [0.4, 0.5) is 17.1 Å². The van der Waals surface area contributed by atoms with Gasteiger partial charge in [-0.3, -0.25) is 0 Å². The van der Waals surface area contributed by atoms with Crippen molar-refractivity contribution >= 4 is 56.7 Å². The molecule has 7 aromatic rings. The van der Waals surface area contributed by atoms with Crippen LogP contribution in [0.15, 0.2) is 140 Å². The van der Waals surface area contributed by atoms with Gasteiger partial charge in [-0.2, -0.15) is 0 Å². The predicted octanol–water partition coefficient (Wildman–Crippen LogP) is 7.73. The van der Waals surface area contributed by atoms with E-state index in [1.54, 1.807) is 0 Å². The maximum Gasteiger partial charge on any atom is 0.431 e. The molecule has 0 aliphatic carbocycles. The van der Waals surface area contributed by atoms with Crippen molar-refractivity contribution in [1.29, 1.82) is 0 Å². The lowest BCUT2D eigenvalue weighted by Crippen LogP contribution is -2.56. The van der Waals surface area contributed by atoms with Gasteiger partial charge in [-0.25, -0.2) is 0 Å². The van der Waals surface area contributed by atoms with Gasteiger partial charge in [0.15, 0.2) is 0 Å². The standard InChI is InChI=1S/C36H23BN2O/c1-2-11-24(12-3-1)38-33-22-21-25(39-31-17-7-4-13-26(31)27-14-5-8-18-32(27)39)23-30(33)37-36-29(16-10-19-34(36)38)28-15-6-9-20-35(28)40-37/h1-23H. The van der Waals surface area contributed by atoms with Crippen LogP contribution in [0, 0.1) is 0 Å². The predicted molar refractivity (Wildman–Crippen MR) is 167 cm³/mol. The Bertz CT molecular complexity index is 2060. The van der Waals surface area contributed by atoms with Crippen molar-refractivity contribution in [1.82, 2.24) is 4.57 Å². The van der Waals surface area contributed by atoms with Crippen molar-refractivity contribution in [3.63, 3.8) is 0 Å². The fraction of sp³-hybridized carbons (Fsp3) is 0. The van der Waals surface area contributed by atoms with Crippen LogP contribution in [0.2, 0.25) is 0 Å². The number of aromatic nitrogens is 1. The third kappa shape index (κ3) is 2.90. The fourth-order valence-corrected chi connectivity index (χ4v) is 6.74. The molecule has 0 atom stereocenters. The second-order valence-electron chi connectivity index (χ2n) is 10.5. The molecule has 3 heterocycles. The van der Waals surface area contributed by atoms with Gasteiger partial charge in [-0.05, 0) is 65.6 Å². The molecular formula is C36H23BN2O. The first-order valence-corrected chi connectivity index (χ1v) is 13.7. The number of para-hydroxylation sites is 4. The summed E-state index contributed by atoms with van der Waals surface area (Å²) in [6.07, 6.45) is 0. The lowest BCUT2D eigenvalue weighted by atomic mass is 9.49. The molecule has 4 heteroatoms. The molecule has 0 spiro atoms. The van der Waals surface area contributed by atoms with E-state index in [-0.39, 0.29) is 6.92 Å². The molecular weight excluding hydrogens is 487 g/mol. The highest BCUT2D eigenvalue weighted by Gasteiger charge is 2.42. The summed E-state index contributed by atoms with van der Waals surface area (Å²) in [4.78, 5) is 2.39. The Kier molecular flexibility index (Phi) is 4.41. The molecule has 0 saturated heterocycles. The Hall–Kier alpha value is -5.22. The van der Waals surface area contributed by atoms with Gasteiger partial charge in [0.25, 0.3) is 0 Å². The maximum absolute atomic E-state index is 6.86. The Morgan fingerprint density at radius 1 is 0.500 bits per heavy atom. The zero-order valence-corrected chi connectivity index (χ0v) is 21.7. The molecule has 0 bridgehead atoms. The van der Waals surface area contributed by atoms with Crippen molar-refractivity contribution in [2.45, 2.75) is 0 Å². The molecule has 1 aromatic heterocycles. The van der Waals surface area contributed by atoms with Gasteiger partial charge in [0.2, 0.25) is 0 Å². The van der Waals surface area contributed by atoms with Crippen molar-refractivity contribution in [2.24, 2.45) is 0 Å². The number of fused-ring (bicyclic) bond motifs is 7.